The standard InChI is InChI=1S/C13H15FN2/c1-9-10(5-3-7-15)8-11-4-2-6-12(14)13(11)16-9/h2,4,6,8H,3,5,7,15H2,1H3. The van der Waals surface area contributed by atoms with Crippen molar-refractivity contribution < 1.29 is 4.39 Å². The van der Waals surface area contributed by atoms with E-state index in [4.69, 9.17) is 5.73 Å². The van der Waals surface area contributed by atoms with Gasteiger partial charge in [-0.05, 0) is 44.0 Å². The summed E-state index contributed by atoms with van der Waals surface area (Å²) in [4.78, 5) is 4.31. The third-order valence-corrected chi connectivity index (χ3v) is 2.74. The van der Waals surface area contributed by atoms with Gasteiger partial charge in [-0.1, -0.05) is 12.1 Å². The number of benzene rings is 1. The first-order chi connectivity index (χ1) is 7.72. The number of para-hydroxylation sites is 1. The summed E-state index contributed by atoms with van der Waals surface area (Å²) in [5.41, 5.74) is 7.99. The maximum absolute atomic E-state index is 13.5. The van der Waals surface area contributed by atoms with Gasteiger partial charge >= 0.3 is 0 Å². The summed E-state index contributed by atoms with van der Waals surface area (Å²) in [6.07, 6.45) is 1.84. The lowest BCUT2D eigenvalue weighted by molar-refractivity contribution is 0.636. The van der Waals surface area contributed by atoms with Crippen LogP contribution in [0.15, 0.2) is 24.3 Å². The Labute approximate surface area is 94.3 Å². The van der Waals surface area contributed by atoms with Crippen LogP contribution in [0.25, 0.3) is 10.9 Å². The Kier molecular flexibility index (Phi) is 3.15. The zero-order chi connectivity index (χ0) is 11.5. The van der Waals surface area contributed by atoms with E-state index < -0.39 is 0 Å². The molecule has 3 heteroatoms. The van der Waals surface area contributed by atoms with E-state index >= 15 is 0 Å². The Balaban J connectivity index is 2.50. The van der Waals surface area contributed by atoms with Crippen LogP contribution in [0, 0.1) is 12.7 Å². The van der Waals surface area contributed by atoms with Gasteiger partial charge in [0.2, 0.25) is 0 Å². The minimum Gasteiger partial charge on any atom is -0.330 e. The van der Waals surface area contributed by atoms with Crippen molar-refractivity contribution in [3.63, 3.8) is 0 Å². The van der Waals surface area contributed by atoms with Crippen LogP contribution in [0.5, 0.6) is 0 Å². The SMILES string of the molecule is Cc1nc2c(F)cccc2cc1CCCN. The van der Waals surface area contributed by atoms with Gasteiger partial charge < -0.3 is 5.73 Å². The molecule has 2 nitrogen and oxygen atoms in total. The van der Waals surface area contributed by atoms with Gasteiger partial charge in [0.25, 0.3) is 0 Å². The van der Waals surface area contributed by atoms with Gasteiger partial charge in [-0.15, -0.1) is 0 Å². The molecule has 0 unspecified atom stereocenters. The maximum Gasteiger partial charge on any atom is 0.149 e. The molecule has 0 fully saturated rings. The number of hydrogen-bond donors (Lipinski definition) is 1. The Bertz CT molecular complexity index is 509. The van der Waals surface area contributed by atoms with E-state index in [0.717, 1.165) is 29.5 Å². The predicted octanol–water partition coefficient (Wildman–Crippen LogP) is 2.57. The molecule has 0 saturated heterocycles. The molecule has 0 radical (unpaired) electrons. The molecule has 1 heterocycles. The number of aryl methyl sites for hydroxylation is 2. The van der Waals surface area contributed by atoms with Crippen LogP contribution in [0.1, 0.15) is 17.7 Å². The lowest BCUT2D eigenvalue weighted by Gasteiger charge is -2.07. The second-order valence-corrected chi connectivity index (χ2v) is 3.94. The van der Waals surface area contributed by atoms with E-state index in [1.54, 1.807) is 6.07 Å². The summed E-state index contributed by atoms with van der Waals surface area (Å²) in [7, 11) is 0. The molecule has 2 rings (SSSR count). The number of nitrogens with two attached hydrogens (primary N) is 1. The molecule has 2 aromatic rings. The van der Waals surface area contributed by atoms with E-state index in [-0.39, 0.29) is 5.82 Å². The molecule has 1 aromatic carbocycles. The Morgan fingerprint density at radius 2 is 2.19 bits per heavy atom. The van der Waals surface area contributed by atoms with Gasteiger partial charge in [-0.2, -0.15) is 0 Å². The van der Waals surface area contributed by atoms with Crippen LogP contribution in [-0.4, -0.2) is 11.5 Å². The molecule has 84 valence electrons. The number of fused-ring (bicyclic) bond motifs is 1. The van der Waals surface area contributed by atoms with Gasteiger partial charge in [0, 0.05) is 11.1 Å². The van der Waals surface area contributed by atoms with Gasteiger partial charge in [0.15, 0.2) is 0 Å². The first-order valence-corrected chi connectivity index (χ1v) is 5.47. The molecular weight excluding hydrogens is 203 g/mol. The summed E-state index contributed by atoms with van der Waals surface area (Å²) >= 11 is 0. The maximum atomic E-state index is 13.5. The number of rotatable bonds is 3. The molecule has 0 amide bonds. The molecule has 0 aliphatic heterocycles. The molecule has 0 bridgehead atoms. The number of halogens is 1. The third-order valence-electron chi connectivity index (χ3n) is 2.74. The number of hydrogen-bond acceptors (Lipinski definition) is 2. The minimum absolute atomic E-state index is 0.258. The monoisotopic (exact) mass is 218 g/mol. The van der Waals surface area contributed by atoms with Crippen molar-refractivity contribution in [2.45, 2.75) is 19.8 Å². The fourth-order valence-corrected chi connectivity index (χ4v) is 1.84. The van der Waals surface area contributed by atoms with Crippen LogP contribution in [-0.2, 0) is 6.42 Å². The Morgan fingerprint density at radius 3 is 2.94 bits per heavy atom. The predicted molar refractivity (Wildman–Crippen MR) is 63.8 cm³/mol. The van der Waals surface area contributed by atoms with Crippen molar-refractivity contribution in [2.75, 3.05) is 6.54 Å². The summed E-state index contributed by atoms with van der Waals surface area (Å²) < 4.78 is 13.5. The highest BCUT2D eigenvalue weighted by Gasteiger charge is 2.06. The second kappa shape index (κ2) is 4.58. The third kappa shape index (κ3) is 2.04. The highest BCUT2D eigenvalue weighted by atomic mass is 19.1. The van der Waals surface area contributed by atoms with Crippen molar-refractivity contribution in [3.05, 3.63) is 41.3 Å². The molecule has 2 N–H and O–H groups in total. The van der Waals surface area contributed by atoms with Gasteiger partial charge in [0.05, 0.1) is 0 Å². The highest BCUT2D eigenvalue weighted by molar-refractivity contribution is 5.80. The van der Waals surface area contributed by atoms with Crippen molar-refractivity contribution in [2.24, 2.45) is 5.73 Å². The highest BCUT2D eigenvalue weighted by Crippen LogP contribution is 2.19. The molecule has 0 spiro atoms. The number of nitrogens with zero attached hydrogens (tertiary/aromatic N) is 1. The van der Waals surface area contributed by atoms with Crippen LogP contribution in [0.2, 0.25) is 0 Å². The summed E-state index contributed by atoms with van der Waals surface area (Å²) in [5, 5.41) is 0.859. The van der Waals surface area contributed by atoms with Crippen LogP contribution in [0.3, 0.4) is 0 Å². The normalized spacial score (nSPS) is 10.9. The van der Waals surface area contributed by atoms with E-state index in [9.17, 15) is 4.39 Å². The quantitative estimate of drug-likeness (QED) is 0.860. The van der Waals surface area contributed by atoms with E-state index in [2.05, 4.69) is 4.98 Å². The smallest absolute Gasteiger partial charge is 0.149 e. The molecule has 16 heavy (non-hydrogen) atoms. The number of aromatic nitrogens is 1. The first-order valence-electron chi connectivity index (χ1n) is 5.47. The summed E-state index contributed by atoms with van der Waals surface area (Å²) in [6.45, 7) is 2.58. The Morgan fingerprint density at radius 1 is 1.38 bits per heavy atom. The van der Waals surface area contributed by atoms with E-state index in [0.29, 0.717) is 12.1 Å². The average molecular weight is 218 g/mol. The van der Waals surface area contributed by atoms with Gasteiger partial charge in [-0.25, -0.2) is 9.37 Å². The average Bonchev–Trinajstić information content (AvgIpc) is 2.28. The van der Waals surface area contributed by atoms with Gasteiger partial charge in [-0.3, -0.25) is 0 Å². The van der Waals surface area contributed by atoms with E-state index in [1.165, 1.54) is 6.07 Å². The van der Waals surface area contributed by atoms with Gasteiger partial charge in [0.1, 0.15) is 11.3 Å². The summed E-state index contributed by atoms with van der Waals surface area (Å²) in [6, 6.07) is 7.04. The topological polar surface area (TPSA) is 38.9 Å². The van der Waals surface area contributed by atoms with Crippen molar-refractivity contribution in [3.8, 4) is 0 Å². The Hall–Kier alpha value is -1.48. The molecule has 0 atom stereocenters. The first kappa shape index (κ1) is 11.0. The lowest BCUT2D eigenvalue weighted by Crippen LogP contribution is -2.02. The molecule has 1 aromatic heterocycles. The van der Waals surface area contributed by atoms with Crippen molar-refractivity contribution in [1.82, 2.24) is 4.98 Å². The largest absolute Gasteiger partial charge is 0.330 e. The lowest BCUT2D eigenvalue weighted by atomic mass is 10.1. The fraction of sp³-hybridized carbons (Fsp3) is 0.308. The molecule has 0 saturated carbocycles. The van der Waals surface area contributed by atoms with Crippen LogP contribution < -0.4 is 5.73 Å². The fourth-order valence-electron chi connectivity index (χ4n) is 1.84. The zero-order valence-corrected chi connectivity index (χ0v) is 9.33. The van der Waals surface area contributed by atoms with Crippen LogP contribution >= 0.6 is 0 Å². The molecule has 0 aliphatic carbocycles. The van der Waals surface area contributed by atoms with Crippen LogP contribution in [0.4, 0.5) is 4.39 Å². The molecule has 0 aliphatic rings. The number of pyridine rings is 1. The van der Waals surface area contributed by atoms with Crippen molar-refractivity contribution in [1.29, 1.82) is 0 Å². The van der Waals surface area contributed by atoms with E-state index in [1.807, 2.05) is 19.1 Å². The minimum atomic E-state index is -0.258. The zero-order valence-electron chi connectivity index (χ0n) is 9.33. The second-order valence-electron chi connectivity index (χ2n) is 3.94. The molecular formula is C13H15FN2. The van der Waals surface area contributed by atoms with Crippen molar-refractivity contribution >= 4 is 10.9 Å². The summed E-state index contributed by atoms with van der Waals surface area (Å²) in [5.74, 6) is -0.258.